The van der Waals surface area contributed by atoms with Crippen LogP contribution in [0.4, 0.5) is 5.69 Å². The molecule has 0 aliphatic carbocycles. The van der Waals surface area contributed by atoms with Crippen LogP contribution in [0.1, 0.15) is 10.4 Å². The highest BCUT2D eigenvalue weighted by molar-refractivity contribution is 8.00. The summed E-state index contributed by atoms with van der Waals surface area (Å²) in [7, 11) is 0. The molecule has 1 atom stereocenters. The van der Waals surface area contributed by atoms with E-state index in [4.69, 9.17) is 16.7 Å². The van der Waals surface area contributed by atoms with Gasteiger partial charge in [0.15, 0.2) is 0 Å². The van der Waals surface area contributed by atoms with Crippen LogP contribution in [0.3, 0.4) is 0 Å². The van der Waals surface area contributed by atoms with Crippen LogP contribution in [0.2, 0.25) is 5.02 Å². The second kappa shape index (κ2) is 9.22. The summed E-state index contributed by atoms with van der Waals surface area (Å²) in [5.41, 5.74) is 2.55. The molecule has 1 fully saturated rings. The zero-order chi connectivity index (χ0) is 22.8. The minimum atomic E-state index is -0.989. The Morgan fingerprint density at radius 2 is 1.78 bits per heavy atom. The number of thioether (sulfide) groups is 1. The first kappa shape index (κ1) is 22.2. The second-order valence-corrected chi connectivity index (χ2v) is 8.92. The first-order chi connectivity index (χ1) is 15.3. The maximum Gasteiger partial charge on any atom is 0.313 e. The van der Waals surface area contributed by atoms with E-state index in [1.165, 1.54) is 9.80 Å². The van der Waals surface area contributed by atoms with Crippen molar-refractivity contribution in [3.05, 3.63) is 53.1 Å². The summed E-state index contributed by atoms with van der Waals surface area (Å²) in [4.78, 5) is 52.3. The monoisotopic (exact) mass is 473 g/mol. The fraction of sp³-hybridized carbons (Fsp3) is 0.273. The summed E-state index contributed by atoms with van der Waals surface area (Å²) in [5, 5.41) is 12.2. The molecule has 0 unspecified atom stereocenters. The number of carbonyl (C=O) groups is 4. The minimum absolute atomic E-state index is 0.0132. The third-order valence-electron chi connectivity index (χ3n) is 5.43. The van der Waals surface area contributed by atoms with E-state index in [1.807, 2.05) is 18.2 Å². The van der Waals surface area contributed by atoms with Crippen LogP contribution in [-0.4, -0.2) is 75.8 Å². The van der Waals surface area contributed by atoms with Crippen molar-refractivity contribution in [2.45, 2.75) is 6.04 Å². The summed E-state index contributed by atoms with van der Waals surface area (Å²) in [6, 6.07) is 11.7. The number of fused-ring (bicyclic) bond motifs is 2. The van der Waals surface area contributed by atoms with Gasteiger partial charge < -0.3 is 20.2 Å². The fourth-order valence-electron chi connectivity index (χ4n) is 3.82. The molecular weight excluding hydrogens is 454 g/mol. The third-order valence-corrected chi connectivity index (χ3v) is 6.59. The highest BCUT2D eigenvalue weighted by Crippen LogP contribution is 2.30. The quantitative estimate of drug-likeness (QED) is 0.690. The number of piperazine rings is 1. The molecule has 166 valence electrons. The van der Waals surface area contributed by atoms with Crippen LogP contribution in [0.5, 0.6) is 0 Å². The molecule has 0 radical (unpaired) electrons. The van der Waals surface area contributed by atoms with E-state index in [0.29, 0.717) is 16.3 Å². The van der Waals surface area contributed by atoms with Gasteiger partial charge in [0.2, 0.25) is 11.8 Å². The Balaban J connectivity index is 1.54. The lowest BCUT2D eigenvalue weighted by molar-refractivity contribution is -0.134. The smallest absolute Gasteiger partial charge is 0.313 e. The largest absolute Gasteiger partial charge is 0.481 e. The van der Waals surface area contributed by atoms with Gasteiger partial charge in [0.25, 0.3) is 5.91 Å². The predicted octanol–water partition coefficient (Wildman–Crippen LogP) is 2.43. The Morgan fingerprint density at radius 3 is 2.50 bits per heavy atom. The number of carboxylic acids is 1. The van der Waals surface area contributed by atoms with Crippen LogP contribution in [0.15, 0.2) is 42.5 Å². The molecule has 4 rings (SSSR count). The van der Waals surface area contributed by atoms with Crippen molar-refractivity contribution in [1.29, 1.82) is 0 Å². The molecular formula is C22H20ClN3O5S. The Kier molecular flexibility index (Phi) is 6.38. The van der Waals surface area contributed by atoms with E-state index in [1.54, 1.807) is 24.3 Å². The van der Waals surface area contributed by atoms with Crippen molar-refractivity contribution < 1.29 is 24.3 Å². The van der Waals surface area contributed by atoms with E-state index in [2.05, 4.69) is 5.32 Å². The molecule has 1 saturated heterocycles. The van der Waals surface area contributed by atoms with Gasteiger partial charge in [-0.25, -0.2) is 0 Å². The number of amides is 3. The lowest BCUT2D eigenvalue weighted by atomic mass is 10.0. The number of carboxylic acid groups (broad SMARTS) is 1. The Morgan fingerprint density at radius 1 is 1.06 bits per heavy atom. The van der Waals surface area contributed by atoms with Gasteiger partial charge in [0, 0.05) is 18.1 Å². The average Bonchev–Trinajstić information content (AvgIpc) is 2.88. The van der Waals surface area contributed by atoms with E-state index in [9.17, 15) is 19.2 Å². The van der Waals surface area contributed by atoms with E-state index >= 15 is 0 Å². The van der Waals surface area contributed by atoms with E-state index < -0.39 is 12.0 Å². The van der Waals surface area contributed by atoms with Crippen molar-refractivity contribution in [2.24, 2.45) is 0 Å². The van der Waals surface area contributed by atoms with Gasteiger partial charge in [-0.15, -0.1) is 11.8 Å². The number of halogens is 1. The van der Waals surface area contributed by atoms with Crippen molar-refractivity contribution >= 4 is 52.7 Å². The molecule has 8 nitrogen and oxygen atoms in total. The molecule has 2 heterocycles. The number of hydrogen-bond acceptors (Lipinski definition) is 5. The molecule has 2 N–H and O–H groups in total. The number of carbonyl (C=O) groups excluding carboxylic acids is 3. The summed E-state index contributed by atoms with van der Waals surface area (Å²) in [6.45, 7) is 0.577. The standard InChI is InChI=1S/C22H20ClN3O5S/c23-15-4-1-13(2-5-15)14-3-6-17-16(9-14)22(31)26-8-7-25(10-18(26)21(30)24-17)19(27)11-32-12-20(28)29/h1-6,9,18H,7-8,10-12H2,(H,24,30)(H,28,29)/t18-/m0/s1. The number of benzene rings is 2. The first-order valence-corrected chi connectivity index (χ1v) is 11.5. The van der Waals surface area contributed by atoms with Crippen LogP contribution < -0.4 is 5.32 Å². The highest BCUT2D eigenvalue weighted by Gasteiger charge is 2.40. The summed E-state index contributed by atoms with van der Waals surface area (Å²) < 4.78 is 0. The fourth-order valence-corrected chi connectivity index (χ4v) is 4.58. The maximum absolute atomic E-state index is 13.3. The first-order valence-electron chi connectivity index (χ1n) is 9.92. The molecule has 10 heteroatoms. The highest BCUT2D eigenvalue weighted by atomic mass is 35.5. The second-order valence-electron chi connectivity index (χ2n) is 7.50. The lowest BCUT2D eigenvalue weighted by Crippen LogP contribution is -2.59. The molecule has 0 bridgehead atoms. The van der Waals surface area contributed by atoms with Crippen molar-refractivity contribution in [3.63, 3.8) is 0 Å². The Bertz CT molecular complexity index is 1090. The van der Waals surface area contributed by atoms with Gasteiger partial charge >= 0.3 is 5.97 Å². The maximum atomic E-state index is 13.3. The zero-order valence-electron chi connectivity index (χ0n) is 16.9. The van der Waals surface area contributed by atoms with Gasteiger partial charge in [-0.3, -0.25) is 19.2 Å². The normalized spacial score (nSPS) is 17.8. The summed E-state index contributed by atoms with van der Waals surface area (Å²) in [5.74, 6) is -2.02. The molecule has 32 heavy (non-hydrogen) atoms. The number of nitrogens with one attached hydrogen (secondary N) is 1. The molecule has 0 saturated carbocycles. The number of hydrogen-bond donors (Lipinski definition) is 2. The van der Waals surface area contributed by atoms with Crippen LogP contribution in [0.25, 0.3) is 11.1 Å². The number of rotatable bonds is 5. The van der Waals surface area contributed by atoms with Crippen LogP contribution >= 0.6 is 23.4 Å². The van der Waals surface area contributed by atoms with Crippen molar-refractivity contribution in [2.75, 3.05) is 36.5 Å². The molecule has 2 aromatic carbocycles. The molecule has 0 spiro atoms. The molecule has 0 aromatic heterocycles. The van der Waals surface area contributed by atoms with Gasteiger partial charge in [-0.1, -0.05) is 29.8 Å². The SMILES string of the molecule is O=C(O)CSCC(=O)N1CCN2C(=O)c3cc(-c4ccc(Cl)cc4)ccc3NC(=O)[C@@H]2C1. The molecule has 2 aliphatic rings. The van der Waals surface area contributed by atoms with Crippen molar-refractivity contribution in [1.82, 2.24) is 9.80 Å². The van der Waals surface area contributed by atoms with Crippen molar-refractivity contribution in [3.8, 4) is 11.1 Å². The van der Waals surface area contributed by atoms with Gasteiger partial charge in [-0.05, 0) is 35.4 Å². The van der Waals surface area contributed by atoms with Gasteiger partial charge in [-0.2, -0.15) is 0 Å². The molecule has 2 aromatic rings. The van der Waals surface area contributed by atoms with E-state index in [-0.39, 0.29) is 48.9 Å². The summed E-state index contributed by atoms with van der Waals surface area (Å²) in [6.07, 6.45) is 0. The predicted molar refractivity (Wildman–Crippen MR) is 122 cm³/mol. The lowest BCUT2D eigenvalue weighted by Gasteiger charge is -2.39. The molecule has 3 amide bonds. The van der Waals surface area contributed by atoms with Crippen LogP contribution in [-0.2, 0) is 14.4 Å². The number of aliphatic carboxylic acids is 1. The topological polar surface area (TPSA) is 107 Å². The number of nitrogens with zero attached hydrogens (tertiary/aromatic N) is 2. The zero-order valence-corrected chi connectivity index (χ0v) is 18.5. The van der Waals surface area contributed by atoms with Crippen LogP contribution in [0, 0.1) is 0 Å². The van der Waals surface area contributed by atoms with Gasteiger partial charge in [0.05, 0.1) is 29.3 Å². The van der Waals surface area contributed by atoms with E-state index in [0.717, 1.165) is 22.9 Å². The van der Waals surface area contributed by atoms with Gasteiger partial charge in [0.1, 0.15) is 6.04 Å². The number of anilines is 1. The Labute approximate surface area is 193 Å². The average molecular weight is 474 g/mol. The Hall–Kier alpha value is -3.04. The third kappa shape index (κ3) is 4.58. The minimum Gasteiger partial charge on any atom is -0.481 e. The molecule has 2 aliphatic heterocycles. The summed E-state index contributed by atoms with van der Waals surface area (Å²) >= 11 is 6.97.